The monoisotopic (exact) mass is 1040 g/mol. The number of anilines is 2. The fraction of sp³-hybridized carbons (Fsp3) is 0.574. The van der Waals surface area contributed by atoms with Gasteiger partial charge in [-0.25, -0.2) is 10.9 Å². The van der Waals surface area contributed by atoms with E-state index in [4.69, 9.17) is 15.5 Å². The van der Waals surface area contributed by atoms with Gasteiger partial charge in [0.2, 0.25) is 0 Å². The Labute approximate surface area is 490 Å². The summed E-state index contributed by atoms with van der Waals surface area (Å²) in [5.41, 5.74) is 11.6. The summed E-state index contributed by atoms with van der Waals surface area (Å²) in [6.45, 7) is 33.4. The number of aromatic nitrogens is 1. The SMILES string of the molecule is CC.CCCC(CCC)CN1CCN(Cc2ccc3c(c2)C2(CC2)CON3N)CC1C.CNC1=CC(C)ON(c2ccnc(C)c2/C=C(\C)C(C)N2CCC(c3ccc(C(C)=O)cc3)CC2)C=C1.[CH2-]CCC=O.[K+]. The first-order valence-corrected chi connectivity index (χ1v) is 27.8. The Hall–Kier alpha value is -3.05. The number of likely N-dealkylation sites (N-methyl/N-ethyl adjacent to an activating group) is 1. The van der Waals surface area contributed by atoms with E-state index in [1.54, 1.807) is 6.92 Å². The van der Waals surface area contributed by atoms with E-state index in [0.717, 1.165) is 91.6 Å². The molecule has 74 heavy (non-hydrogen) atoms. The topological polar surface area (TPSA) is 120 Å². The first-order chi connectivity index (χ1) is 35.2. The largest absolute Gasteiger partial charge is 1.00 e. The second-order valence-electron chi connectivity index (χ2n) is 20.8. The second kappa shape index (κ2) is 32.0. The number of hydrogen-bond donors (Lipinski definition) is 2. The third-order valence-corrected chi connectivity index (χ3v) is 15.3. The average Bonchev–Trinajstić information content (AvgIpc) is 4.21. The quantitative estimate of drug-likeness (QED) is 0.0442. The summed E-state index contributed by atoms with van der Waals surface area (Å²) < 4.78 is 0. The van der Waals surface area contributed by atoms with E-state index < -0.39 is 0 Å². The van der Waals surface area contributed by atoms with Gasteiger partial charge in [-0.2, -0.15) is 11.6 Å². The minimum absolute atomic E-state index is 0. The van der Waals surface area contributed by atoms with Gasteiger partial charge in [0.05, 0.1) is 18.0 Å². The zero-order chi connectivity index (χ0) is 53.1. The van der Waals surface area contributed by atoms with Crippen LogP contribution in [0.1, 0.15) is 171 Å². The summed E-state index contributed by atoms with van der Waals surface area (Å²) >= 11 is 0. The third kappa shape index (κ3) is 18.0. The van der Waals surface area contributed by atoms with Crippen LogP contribution >= 0.6 is 0 Å². The number of pyridine rings is 1. The van der Waals surface area contributed by atoms with Gasteiger partial charge >= 0.3 is 51.4 Å². The molecule has 1 spiro atoms. The molecule has 1 aliphatic carbocycles. The Morgan fingerprint density at radius 2 is 1.68 bits per heavy atom. The molecule has 3 aromatic rings. The van der Waals surface area contributed by atoms with Crippen LogP contribution in [0.3, 0.4) is 0 Å². The zero-order valence-electron chi connectivity index (χ0n) is 47.8. The number of aldehydes is 1. The summed E-state index contributed by atoms with van der Waals surface area (Å²) in [5.74, 6) is 7.58. The van der Waals surface area contributed by atoms with Gasteiger partial charge in [-0.3, -0.25) is 34.2 Å². The Bertz CT molecular complexity index is 2270. The maximum atomic E-state index is 11.6. The number of piperazine rings is 1. The van der Waals surface area contributed by atoms with E-state index in [9.17, 15) is 9.59 Å². The molecule has 5 aliphatic rings. The second-order valence-corrected chi connectivity index (χ2v) is 20.8. The number of carbonyl (C=O) groups excluding carboxylic acids is 2. The number of hydrogen-bond acceptors (Lipinski definition) is 12. The minimum atomic E-state index is -0.0669. The normalized spacial score (nSPS) is 20.3. The predicted molar refractivity (Wildman–Crippen MR) is 303 cm³/mol. The molecule has 5 heterocycles. The molecule has 2 aromatic carbocycles. The number of Topliss-reactive ketones (excluding diaryl/α,β-unsaturated/α-hetero) is 1. The fourth-order valence-electron chi connectivity index (χ4n) is 10.7. The number of fused-ring (bicyclic) bond motifs is 2. The molecule has 1 aromatic heterocycles. The summed E-state index contributed by atoms with van der Waals surface area (Å²) in [7, 11) is 1.92. The number of nitrogens with zero attached hydrogens (tertiary/aromatic N) is 6. The van der Waals surface area contributed by atoms with Crippen LogP contribution in [0, 0.1) is 19.8 Å². The number of aryl methyl sites for hydroxylation is 1. The van der Waals surface area contributed by atoms with Crippen LogP contribution in [0.4, 0.5) is 11.4 Å². The van der Waals surface area contributed by atoms with Crippen LogP contribution in [0.15, 0.2) is 84.3 Å². The molecular weight excluding hydrogens is 948 g/mol. The van der Waals surface area contributed by atoms with E-state index in [1.807, 2.05) is 69.6 Å². The van der Waals surface area contributed by atoms with Crippen molar-refractivity contribution in [3.8, 4) is 0 Å². The molecule has 0 radical (unpaired) electrons. The first-order valence-electron chi connectivity index (χ1n) is 27.8. The van der Waals surface area contributed by atoms with Gasteiger partial charge in [-0.15, -0.1) is 0 Å². The maximum absolute atomic E-state index is 11.6. The van der Waals surface area contributed by atoms with E-state index in [0.29, 0.717) is 24.4 Å². The number of hydrazine groups is 1. The number of hydroxylamine groups is 1. The van der Waals surface area contributed by atoms with Crippen LogP contribution in [0.2, 0.25) is 0 Å². The molecule has 3 unspecified atom stereocenters. The summed E-state index contributed by atoms with van der Waals surface area (Å²) in [6.07, 6.45) is 22.4. The summed E-state index contributed by atoms with van der Waals surface area (Å²) in [4.78, 5) is 45.4. The van der Waals surface area contributed by atoms with Crippen molar-refractivity contribution in [3.05, 3.63) is 125 Å². The third-order valence-electron chi connectivity index (χ3n) is 15.3. The molecular formula is C61H93KN8O4. The molecule has 0 amide bonds. The van der Waals surface area contributed by atoms with Gasteiger partial charge < -0.3 is 17.0 Å². The van der Waals surface area contributed by atoms with Gasteiger partial charge in [0.15, 0.2) is 5.78 Å². The smallest absolute Gasteiger partial charge is 0.388 e. The molecule has 3 fully saturated rings. The number of rotatable bonds is 17. The van der Waals surface area contributed by atoms with Crippen molar-refractivity contribution in [1.82, 2.24) is 25.0 Å². The number of benzene rings is 2. The van der Waals surface area contributed by atoms with Gasteiger partial charge in [0.25, 0.3) is 0 Å². The molecule has 8 rings (SSSR count). The van der Waals surface area contributed by atoms with Gasteiger partial charge in [0.1, 0.15) is 12.4 Å². The standard InChI is InChI=1S/C31H40N4O2.C24H40N4O.C4H7O.C2H6.K/c1-21(24(4)34-16-12-28(13-17-34)27-9-7-26(8-10-27)25(5)36)19-30-23(3)33-15-11-31(30)35-18-14-29(32-6)20-22(2)37-35;1-4-6-20(7-5-2)17-27-13-12-26(15-19(27)3)16-21-8-9-23-22(14-21)24(10-11-24)18-29-28(23)25;1-2-3-4-5;1-2;/h7-11,14-15,18-20,22,24,28,32H,12-13,16-17H2,1-6H3;8-9,14,19-20H,4-7,10-13,15-18,25H2,1-3H3;4H,1-3H2;1-2H3;/q;;-1;;+1/b21-19+;;;;. The summed E-state index contributed by atoms with van der Waals surface area (Å²) in [6, 6.07) is 18.0. The fourth-order valence-corrected chi connectivity index (χ4v) is 10.7. The Morgan fingerprint density at radius 3 is 2.26 bits per heavy atom. The number of nitrogens with one attached hydrogen (secondary N) is 1. The first kappa shape index (κ1) is 63.5. The van der Waals surface area contributed by atoms with Crippen LogP contribution in [0.5, 0.6) is 0 Å². The zero-order valence-corrected chi connectivity index (χ0v) is 50.9. The van der Waals surface area contributed by atoms with Crippen molar-refractivity contribution in [1.29, 1.82) is 0 Å². The van der Waals surface area contributed by atoms with Crippen molar-refractivity contribution in [2.75, 3.05) is 63.2 Å². The van der Waals surface area contributed by atoms with Gasteiger partial charge in [0, 0.05) is 92.2 Å². The van der Waals surface area contributed by atoms with Crippen molar-refractivity contribution in [2.45, 2.75) is 170 Å². The summed E-state index contributed by atoms with van der Waals surface area (Å²) in [5, 5.41) is 6.52. The predicted octanol–water partition coefficient (Wildman–Crippen LogP) is 8.92. The number of carbonyl (C=O) groups is 2. The maximum Gasteiger partial charge on any atom is 1.00 e. The molecule has 3 atom stereocenters. The molecule has 2 saturated heterocycles. The van der Waals surface area contributed by atoms with Crippen molar-refractivity contribution < 1.29 is 70.6 Å². The number of likely N-dealkylation sites (tertiary alicyclic amines) is 1. The van der Waals surface area contributed by atoms with Crippen LogP contribution < -0.4 is 72.8 Å². The molecule has 0 bridgehead atoms. The van der Waals surface area contributed by atoms with Gasteiger partial charge in [-0.05, 0) is 152 Å². The van der Waals surface area contributed by atoms with E-state index in [2.05, 4.69) is 116 Å². The number of nitrogens with two attached hydrogens (primary N) is 1. The molecule has 4 aliphatic heterocycles. The van der Waals surface area contributed by atoms with Gasteiger partial charge in [-0.1, -0.05) is 88.6 Å². The number of allylic oxidation sites excluding steroid dienone is 1. The van der Waals surface area contributed by atoms with E-state index >= 15 is 0 Å². The van der Waals surface area contributed by atoms with Crippen LogP contribution in [-0.2, 0) is 26.4 Å². The number of ketones is 1. The van der Waals surface area contributed by atoms with E-state index in [1.165, 1.54) is 92.1 Å². The number of unbranched alkanes of at least 4 members (excludes halogenated alkanes) is 1. The Balaban J connectivity index is 0.000000287. The van der Waals surface area contributed by atoms with Crippen molar-refractivity contribution in [2.24, 2.45) is 11.8 Å². The van der Waals surface area contributed by atoms with Crippen molar-refractivity contribution in [3.63, 3.8) is 0 Å². The molecule has 3 N–H and O–H groups in total. The Morgan fingerprint density at radius 1 is 0.986 bits per heavy atom. The van der Waals surface area contributed by atoms with E-state index in [-0.39, 0.29) is 68.7 Å². The minimum Gasteiger partial charge on any atom is -0.388 e. The van der Waals surface area contributed by atoms with Crippen molar-refractivity contribution >= 4 is 29.5 Å². The molecule has 1 saturated carbocycles. The van der Waals surface area contributed by atoms with Crippen LogP contribution in [-0.4, -0.2) is 103 Å². The molecule has 12 nitrogen and oxygen atoms in total. The molecule has 13 heteroatoms. The van der Waals surface area contributed by atoms with Crippen LogP contribution in [0.25, 0.3) is 6.08 Å². The molecule has 402 valence electrons. The average molecular weight is 1040 g/mol. The Kier molecular flexibility index (Phi) is 27.4. The number of piperidine rings is 1.